The van der Waals surface area contributed by atoms with Crippen molar-refractivity contribution in [2.45, 2.75) is 11.4 Å². The summed E-state index contributed by atoms with van der Waals surface area (Å²) in [6, 6.07) is 28.7. The first-order valence-electron chi connectivity index (χ1n) is 12.2. The number of ether oxygens (including phenoxy) is 1. The van der Waals surface area contributed by atoms with Crippen LogP contribution < -0.4 is 25.2 Å². The summed E-state index contributed by atoms with van der Waals surface area (Å²) in [6.07, 6.45) is 0. The second-order valence-corrected chi connectivity index (χ2v) is 10.8. The number of sulfonamides is 1. The summed E-state index contributed by atoms with van der Waals surface area (Å²) in [5, 5.41) is 2.94. The highest BCUT2D eigenvalue weighted by molar-refractivity contribution is 7.92. The van der Waals surface area contributed by atoms with E-state index < -0.39 is 21.8 Å². The van der Waals surface area contributed by atoms with Crippen molar-refractivity contribution in [3.05, 3.63) is 119 Å². The number of amides is 2. The zero-order chi connectivity index (χ0) is 28.5. The van der Waals surface area contributed by atoms with Crippen molar-refractivity contribution in [2.24, 2.45) is 0 Å². The van der Waals surface area contributed by atoms with Gasteiger partial charge in [0.05, 0.1) is 41.4 Å². The molecule has 40 heavy (non-hydrogen) atoms. The van der Waals surface area contributed by atoms with Gasteiger partial charge in [0, 0.05) is 5.69 Å². The Hall–Kier alpha value is -4.54. The Morgan fingerprint density at radius 1 is 0.850 bits per heavy atom. The van der Waals surface area contributed by atoms with E-state index in [2.05, 4.69) is 16.2 Å². The highest BCUT2D eigenvalue weighted by atomic mass is 35.5. The number of nitrogens with one attached hydrogen (secondary N) is 3. The summed E-state index contributed by atoms with van der Waals surface area (Å²) in [6.45, 7) is -0.0467. The molecule has 0 aliphatic heterocycles. The van der Waals surface area contributed by atoms with E-state index in [-0.39, 0.29) is 28.6 Å². The van der Waals surface area contributed by atoms with Crippen LogP contribution >= 0.6 is 11.6 Å². The number of para-hydroxylation sites is 1. The Labute approximate surface area is 237 Å². The second kappa shape index (κ2) is 13.0. The van der Waals surface area contributed by atoms with E-state index in [0.717, 1.165) is 5.56 Å². The maximum atomic E-state index is 13.8. The number of nitrogens with zero attached hydrogens (tertiary/aromatic N) is 1. The molecular formula is C29H27ClN4O5S. The lowest BCUT2D eigenvalue weighted by Crippen LogP contribution is -2.44. The van der Waals surface area contributed by atoms with E-state index in [9.17, 15) is 18.0 Å². The third-order valence-electron chi connectivity index (χ3n) is 5.84. The summed E-state index contributed by atoms with van der Waals surface area (Å²) in [5.74, 6) is -0.619. The van der Waals surface area contributed by atoms with Crippen LogP contribution in [0.5, 0.6) is 5.75 Å². The number of carbonyl (C=O) groups excluding carboxylic acids is 2. The molecular weight excluding hydrogens is 552 g/mol. The molecule has 0 aliphatic carbocycles. The van der Waals surface area contributed by atoms with Crippen LogP contribution in [0.15, 0.2) is 108 Å². The van der Waals surface area contributed by atoms with Gasteiger partial charge in [0.25, 0.3) is 21.8 Å². The smallest absolute Gasteiger partial charge is 0.271 e. The first kappa shape index (κ1) is 28.5. The van der Waals surface area contributed by atoms with E-state index >= 15 is 0 Å². The Balaban J connectivity index is 1.48. The van der Waals surface area contributed by atoms with Crippen molar-refractivity contribution >= 4 is 44.8 Å². The summed E-state index contributed by atoms with van der Waals surface area (Å²) in [5.41, 5.74) is 6.40. The van der Waals surface area contributed by atoms with Crippen LogP contribution in [-0.4, -0.2) is 33.9 Å². The molecule has 0 aliphatic rings. The minimum Gasteiger partial charge on any atom is -0.497 e. The van der Waals surface area contributed by atoms with Crippen LogP contribution in [0.3, 0.4) is 0 Å². The summed E-state index contributed by atoms with van der Waals surface area (Å²) in [7, 11) is -2.56. The Kier molecular flexibility index (Phi) is 9.26. The van der Waals surface area contributed by atoms with Crippen molar-refractivity contribution in [3.63, 3.8) is 0 Å². The summed E-state index contributed by atoms with van der Waals surface area (Å²) in [4.78, 5) is 25.0. The molecule has 9 nitrogen and oxygen atoms in total. The maximum absolute atomic E-state index is 13.8. The SMILES string of the molecule is COc1ccc(NCC(=O)NNC(=O)c2cc(S(=O)(=O)N(Cc3ccccc3)c3ccccc3)ccc2Cl)cc1. The van der Waals surface area contributed by atoms with Crippen molar-refractivity contribution in [1.82, 2.24) is 10.9 Å². The maximum Gasteiger partial charge on any atom is 0.271 e. The Morgan fingerprint density at radius 3 is 2.15 bits per heavy atom. The fraction of sp³-hybridized carbons (Fsp3) is 0.103. The molecule has 0 unspecified atom stereocenters. The van der Waals surface area contributed by atoms with Gasteiger partial charge in [-0.15, -0.1) is 0 Å². The number of hydrogen-bond acceptors (Lipinski definition) is 6. The summed E-state index contributed by atoms with van der Waals surface area (Å²) < 4.78 is 34.0. The van der Waals surface area contributed by atoms with E-state index in [1.807, 2.05) is 30.3 Å². The first-order chi connectivity index (χ1) is 19.3. The van der Waals surface area contributed by atoms with Crippen molar-refractivity contribution in [2.75, 3.05) is 23.3 Å². The van der Waals surface area contributed by atoms with Gasteiger partial charge in [0.2, 0.25) is 0 Å². The van der Waals surface area contributed by atoms with Gasteiger partial charge in [-0.1, -0.05) is 60.1 Å². The lowest BCUT2D eigenvalue weighted by atomic mass is 10.2. The molecule has 0 heterocycles. The number of carbonyl (C=O) groups is 2. The quantitative estimate of drug-likeness (QED) is 0.237. The predicted octanol–water partition coefficient (Wildman–Crippen LogP) is 4.62. The normalized spacial score (nSPS) is 10.8. The fourth-order valence-electron chi connectivity index (χ4n) is 3.75. The van der Waals surface area contributed by atoms with Gasteiger partial charge in [-0.05, 0) is 60.2 Å². The molecule has 2 amide bonds. The molecule has 206 valence electrons. The van der Waals surface area contributed by atoms with Gasteiger partial charge in [-0.3, -0.25) is 24.7 Å². The molecule has 0 radical (unpaired) electrons. The molecule has 4 rings (SSSR count). The van der Waals surface area contributed by atoms with Gasteiger partial charge < -0.3 is 10.1 Å². The number of benzene rings is 4. The van der Waals surface area contributed by atoms with Crippen LogP contribution in [0.4, 0.5) is 11.4 Å². The van der Waals surface area contributed by atoms with Gasteiger partial charge in [0.15, 0.2) is 0 Å². The number of rotatable bonds is 10. The van der Waals surface area contributed by atoms with Crippen LogP contribution in [0.25, 0.3) is 0 Å². The van der Waals surface area contributed by atoms with E-state index in [4.69, 9.17) is 16.3 Å². The highest BCUT2D eigenvalue weighted by Gasteiger charge is 2.27. The van der Waals surface area contributed by atoms with Gasteiger partial charge in [-0.2, -0.15) is 0 Å². The van der Waals surface area contributed by atoms with Crippen LogP contribution in [-0.2, 0) is 21.4 Å². The van der Waals surface area contributed by atoms with Crippen molar-refractivity contribution in [3.8, 4) is 5.75 Å². The predicted molar refractivity (Wildman–Crippen MR) is 155 cm³/mol. The fourth-order valence-corrected chi connectivity index (χ4v) is 5.44. The number of anilines is 2. The van der Waals surface area contributed by atoms with E-state index in [0.29, 0.717) is 17.1 Å². The molecule has 0 fully saturated rings. The molecule has 4 aromatic carbocycles. The molecule has 0 aromatic heterocycles. The van der Waals surface area contributed by atoms with Crippen LogP contribution in [0, 0.1) is 0 Å². The second-order valence-electron chi connectivity index (χ2n) is 8.56. The third-order valence-corrected chi connectivity index (χ3v) is 7.94. The minimum atomic E-state index is -4.11. The number of hydrogen-bond donors (Lipinski definition) is 3. The molecule has 4 aromatic rings. The number of halogens is 1. The van der Waals surface area contributed by atoms with Gasteiger partial charge in [0.1, 0.15) is 5.75 Å². The Bertz CT molecular complexity index is 1570. The van der Waals surface area contributed by atoms with Crippen LogP contribution in [0.2, 0.25) is 5.02 Å². The Morgan fingerprint density at radius 2 is 1.50 bits per heavy atom. The monoisotopic (exact) mass is 578 g/mol. The van der Waals surface area contributed by atoms with Gasteiger partial charge >= 0.3 is 0 Å². The van der Waals surface area contributed by atoms with Crippen molar-refractivity contribution in [1.29, 1.82) is 0 Å². The molecule has 3 N–H and O–H groups in total. The molecule has 0 saturated carbocycles. The topological polar surface area (TPSA) is 117 Å². The highest BCUT2D eigenvalue weighted by Crippen LogP contribution is 2.28. The largest absolute Gasteiger partial charge is 0.497 e. The standard InChI is InChI=1S/C29H27ClN4O5S/c1-39-24-14-12-22(13-15-24)31-19-28(35)32-33-29(36)26-18-25(16-17-27(26)30)40(37,38)34(23-10-6-3-7-11-23)20-21-8-4-2-5-9-21/h2-18,31H,19-20H2,1H3,(H,32,35)(H,33,36). The molecule has 0 spiro atoms. The first-order valence-corrected chi connectivity index (χ1v) is 14.0. The molecule has 11 heteroatoms. The third kappa shape index (κ3) is 7.10. The number of methoxy groups -OCH3 is 1. The number of hydrazine groups is 1. The van der Waals surface area contributed by atoms with Crippen molar-refractivity contribution < 1.29 is 22.7 Å². The molecule has 0 bridgehead atoms. The summed E-state index contributed by atoms with van der Waals surface area (Å²) >= 11 is 6.24. The average Bonchev–Trinajstić information content (AvgIpc) is 2.98. The van der Waals surface area contributed by atoms with E-state index in [1.54, 1.807) is 61.7 Å². The molecule has 0 saturated heterocycles. The average molecular weight is 579 g/mol. The minimum absolute atomic E-state index is 0.0244. The zero-order valence-corrected chi connectivity index (χ0v) is 23.1. The lowest BCUT2D eigenvalue weighted by molar-refractivity contribution is -0.120. The van der Waals surface area contributed by atoms with E-state index in [1.165, 1.54) is 22.5 Å². The van der Waals surface area contributed by atoms with Crippen LogP contribution in [0.1, 0.15) is 15.9 Å². The molecule has 0 atom stereocenters. The van der Waals surface area contributed by atoms with Gasteiger partial charge in [-0.25, -0.2) is 8.42 Å². The zero-order valence-electron chi connectivity index (χ0n) is 21.5. The lowest BCUT2D eigenvalue weighted by Gasteiger charge is -2.25.